The standard InChI is InChI=1S/C20H24N2O4/c1-5-25-19-11-16(8-9-18(19)24-4)12-21-26-13-20(23)22-17-10-14(2)6-7-15(17)3/h6-12H,5,13H2,1-4H3,(H,22,23)/b21-12+. The summed E-state index contributed by atoms with van der Waals surface area (Å²) in [5.41, 5.74) is 3.63. The number of hydrogen-bond acceptors (Lipinski definition) is 5. The highest BCUT2D eigenvalue weighted by atomic mass is 16.6. The van der Waals surface area contributed by atoms with Gasteiger partial charge < -0.3 is 19.6 Å². The third-order valence-electron chi connectivity index (χ3n) is 3.63. The highest BCUT2D eigenvalue weighted by molar-refractivity contribution is 5.92. The van der Waals surface area contributed by atoms with Crippen LogP contribution in [-0.2, 0) is 9.63 Å². The Balaban J connectivity index is 1.89. The number of nitrogens with one attached hydrogen (secondary N) is 1. The predicted molar refractivity (Wildman–Crippen MR) is 102 cm³/mol. The van der Waals surface area contributed by atoms with Crippen molar-refractivity contribution in [2.75, 3.05) is 25.6 Å². The Morgan fingerprint density at radius 1 is 1.15 bits per heavy atom. The Morgan fingerprint density at radius 3 is 2.69 bits per heavy atom. The largest absolute Gasteiger partial charge is 0.493 e. The van der Waals surface area contributed by atoms with Gasteiger partial charge in [-0.25, -0.2) is 0 Å². The van der Waals surface area contributed by atoms with Crippen LogP contribution in [0.4, 0.5) is 5.69 Å². The molecule has 26 heavy (non-hydrogen) atoms. The predicted octanol–water partition coefficient (Wildman–Crippen LogP) is 3.70. The number of oxime groups is 1. The van der Waals surface area contributed by atoms with Crippen LogP contribution in [0.1, 0.15) is 23.6 Å². The van der Waals surface area contributed by atoms with E-state index in [0.29, 0.717) is 18.1 Å². The molecule has 0 atom stereocenters. The van der Waals surface area contributed by atoms with Gasteiger partial charge in [0.25, 0.3) is 5.91 Å². The molecule has 0 heterocycles. The van der Waals surface area contributed by atoms with Crippen LogP contribution < -0.4 is 14.8 Å². The number of nitrogens with zero attached hydrogens (tertiary/aromatic N) is 1. The maximum atomic E-state index is 12.0. The van der Waals surface area contributed by atoms with Crippen LogP contribution in [-0.4, -0.2) is 32.4 Å². The second kappa shape index (κ2) is 9.46. The van der Waals surface area contributed by atoms with E-state index in [-0.39, 0.29) is 12.5 Å². The number of amides is 1. The second-order valence-electron chi connectivity index (χ2n) is 5.72. The Labute approximate surface area is 153 Å². The Morgan fingerprint density at radius 2 is 1.96 bits per heavy atom. The van der Waals surface area contributed by atoms with Gasteiger partial charge in [0.2, 0.25) is 0 Å². The van der Waals surface area contributed by atoms with Crippen molar-refractivity contribution in [3.05, 3.63) is 53.1 Å². The molecule has 0 spiro atoms. The smallest absolute Gasteiger partial charge is 0.265 e. The van der Waals surface area contributed by atoms with Gasteiger partial charge >= 0.3 is 0 Å². The summed E-state index contributed by atoms with van der Waals surface area (Å²) in [5, 5.41) is 6.65. The lowest BCUT2D eigenvalue weighted by atomic mass is 10.1. The van der Waals surface area contributed by atoms with E-state index in [0.717, 1.165) is 22.4 Å². The molecule has 0 aliphatic rings. The molecule has 138 valence electrons. The molecule has 0 saturated heterocycles. The molecule has 2 aromatic rings. The first kappa shape index (κ1) is 19.3. The van der Waals surface area contributed by atoms with Gasteiger partial charge in [-0.1, -0.05) is 17.3 Å². The van der Waals surface area contributed by atoms with Crippen molar-refractivity contribution in [3.8, 4) is 11.5 Å². The fraction of sp³-hybridized carbons (Fsp3) is 0.300. The van der Waals surface area contributed by atoms with E-state index in [1.54, 1.807) is 19.2 Å². The van der Waals surface area contributed by atoms with Gasteiger partial charge in [0, 0.05) is 11.3 Å². The maximum absolute atomic E-state index is 12.0. The van der Waals surface area contributed by atoms with Gasteiger partial charge in [-0.15, -0.1) is 0 Å². The lowest BCUT2D eigenvalue weighted by Gasteiger charge is -2.09. The minimum absolute atomic E-state index is 0.168. The van der Waals surface area contributed by atoms with E-state index in [9.17, 15) is 4.79 Å². The van der Waals surface area contributed by atoms with Crippen molar-refractivity contribution in [1.29, 1.82) is 0 Å². The summed E-state index contributed by atoms with van der Waals surface area (Å²) in [4.78, 5) is 17.0. The average molecular weight is 356 g/mol. The topological polar surface area (TPSA) is 69.2 Å². The third kappa shape index (κ3) is 5.51. The van der Waals surface area contributed by atoms with E-state index in [1.165, 1.54) is 6.21 Å². The summed E-state index contributed by atoms with van der Waals surface area (Å²) in [6, 6.07) is 11.3. The minimum atomic E-state index is -0.263. The number of aryl methyl sites for hydroxylation is 2. The number of benzene rings is 2. The van der Waals surface area contributed by atoms with Crippen molar-refractivity contribution < 1.29 is 19.1 Å². The maximum Gasteiger partial charge on any atom is 0.265 e. The first-order chi connectivity index (χ1) is 12.5. The van der Waals surface area contributed by atoms with Crippen LogP contribution in [0.25, 0.3) is 0 Å². The van der Waals surface area contributed by atoms with Crippen LogP contribution >= 0.6 is 0 Å². The third-order valence-corrected chi connectivity index (χ3v) is 3.63. The van der Waals surface area contributed by atoms with Gasteiger partial charge in [-0.3, -0.25) is 4.79 Å². The van der Waals surface area contributed by atoms with E-state index >= 15 is 0 Å². The minimum Gasteiger partial charge on any atom is -0.493 e. The van der Waals surface area contributed by atoms with Gasteiger partial charge in [0.15, 0.2) is 18.1 Å². The number of ether oxygens (including phenoxy) is 2. The number of methoxy groups -OCH3 is 1. The van der Waals surface area contributed by atoms with Crippen molar-refractivity contribution in [1.82, 2.24) is 0 Å². The molecule has 6 heteroatoms. The molecule has 6 nitrogen and oxygen atoms in total. The van der Waals surface area contributed by atoms with E-state index in [4.69, 9.17) is 14.3 Å². The van der Waals surface area contributed by atoms with Gasteiger partial charge in [-0.2, -0.15) is 0 Å². The first-order valence-corrected chi connectivity index (χ1v) is 8.36. The zero-order chi connectivity index (χ0) is 18.9. The molecule has 0 saturated carbocycles. The summed E-state index contributed by atoms with van der Waals surface area (Å²) in [6.45, 7) is 6.18. The molecule has 0 unspecified atom stereocenters. The molecule has 0 fully saturated rings. The zero-order valence-corrected chi connectivity index (χ0v) is 15.5. The number of rotatable bonds is 8. The first-order valence-electron chi connectivity index (χ1n) is 8.36. The summed E-state index contributed by atoms with van der Waals surface area (Å²) >= 11 is 0. The van der Waals surface area contributed by atoms with Crippen LogP contribution in [0, 0.1) is 13.8 Å². The molecule has 0 aliphatic heterocycles. The fourth-order valence-electron chi connectivity index (χ4n) is 2.29. The average Bonchev–Trinajstić information content (AvgIpc) is 2.62. The van der Waals surface area contributed by atoms with Crippen LogP contribution in [0.3, 0.4) is 0 Å². The van der Waals surface area contributed by atoms with Gasteiger partial charge in [0.1, 0.15) is 0 Å². The quantitative estimate of drug-likeness (QED) is 0.578. The second-order valence-corrected chi connectivity index (χ2v) is 5.72. The molecule has 2 aromatic carbocycles. The van der Waals surface area contributed by atoms with Crippen molar-refractivity contribution >= 4 is 17.8 Å². The van der Waals surface area contributed by atoms with Gasteiger partial charge in [0.05, 0.1) is 19.9 Å². The van der Waals surface area contributed by atoms with Crippen LogP contribution in [0.15, 0.2) is 41.6 Å². The Kier molecular flexibility index (Phi) is 7.02. The molecule has 0 bridgehead atoms. The zero-order valence-electron chi connectivity index (χ0n) is 15.5. The molecule has 2 rings (SSSR count). The molecule has 0 radical (unpaired) electrons. The van der Waals surface area contributed by atoms with E-state index < -0.39 is 0 Å². The summed E-state index contributed by atoms with van der Waals surface area (Å²) in [7, 11) is 1.59. The highest BCUT2D eigenvalue weighted by Crippen LogP contribution is 2.27. The summed E-state index contributed by atoms with van der Waals surface area (Å²) in [5.74, 6) is 1.02. The van der Waals surface area contributed by atoms with Crippen molar-refractivity contribution in [2.24, 2.45) is 5.16 Å². The number of carbonyl (C=O) groups is 1. The fourth-order valence-corrected chi connectivity index (χ4v) is 2.29. The molecule has 0 aliphatic carbocycles. The van der Waals surface area contributed by atoms with Gasteiger partial charge in [-0.05, 0) is 56.2 Å². The van der Waals surface area contributed by atoms with Crippen LogP contribution in [0.5, 0.6) is 11.5 Å². The molecule has 1 amide bonds. The summed E-state index contributed by atoms with van der Waals surface area (Å²) < 4.78 is 10.7. The normalized spacial score (nSPS) is 10.6. The van der Waals surface area contributed by atoms with E-state index in [2.05, 4.69) is 10.5 Å². The van der Waals surface area contributed by atoms with Crippen LogP contribution in [0.2, 0.25) is 0 Å². The molecule has 1 N–H and O–H groups in total. The molecule has 0 aromatic heterocycles. The number of carbonyl (C=O) groups excluding carboxylic acids is 1. The lowest BCUT2D eigenvalue weighted by Crippen LogP contribution is -2.17. The van der Waals surface area contributed by atoms with Crippen molar-refractivity contribution in [3.63, 3.8) is 0 Å². The SMILES string of the molecule is CCOc1cc(/C=N/OCC(=O)Nc2cc(C)ccc2C)ccc1OC. The summed E-state index contributed by atoms with van der Waals surface area (Å²) in [6.07, 6.45) is 1.52. The van der Waals surface area contributed by atoms with Crippen molar-refractivity contribution in [2.45, 2.75) is 20.8 Å². The highest BCUT2D eigenvalue weighted by Gasteiger charge is 2.06. The Hall–Kier alpha value is -3.02. The van der Waals surface area contributed by atoms with E-state index in [1.807, 2.05) is 45.0 Å². The number of anilines is 1. The lowest BCUT2D eigenvalue weighted by molar-refractivity contribution is -0.120. The number of hydrogen-bond donors (Lipinski definition) is 1. The molecular formula is C20H24N2O4. The monoisotopic (exact) mass is 356 g/mol. The molecular weight excluding hydrogens is 332 g/mol. The Bertz CT molecular complexity index is 787.